The molecule has 0 spiro atoms. The molecule has 0 aliphatic carbocycles. The van der Waals surface area contributed by atoms with Crippen LogP contribution in [-0.2, 0) is 4.79 Å². The van der Waals surface area contributed by atoms with Gasteiger partial charge in [-0.15, -0.1) is 0 Å². The van der Waals surface area contributed by atoms with Gasteiger partial charge < -0.3 is 10.2 Å². The molecule has 0 atom stereocenters. The maximum absolute atomic E-state index is 11.2. The lowest BCUT2D eigenvalue weighted by Crippen LogP contribution is -2.34. The molecule has 0 heterocycles. The van der Waals surface area contributed by atoms with Crippen molar-refractivity contribution in [1.82, 2.24) is 10.2 Å². The monoisotopic (exact) mass is 158 g/mol. The predicted molar refractivity (Wildman–Crippen MR) is 46.4 cm³/mol. The average molecular weight is 158 g/mol. The molecule has 66 valence electrons. The summed E-state index contributed by atoms with van der Waals surface area (Å²) in [5.74, 6) is 0.203. The Labute approximate surface area is 68.8 Å². The molecular weight excluding hydrogens is 140 g/mol. The molecule has 3 heteroatoms. The van der Waals surface area contributed by atoms with Crippen LogP contribution in [0, 0.1) is 0 Å². The third kappa shape index (κ3) is 3.98. The molecule has 0 rings (SSSR count). The van der Waals surface area contributed by atoms with Crippen LogP contribution < -0.4 is 5.32 Å². The smallest absolute Gasteiger partial charge is 0.223 e. The van der Waals surface area contributed by atoms with Gasteiger partial charge in [0, 0.05) is 26.1 Å². The molecule has 0 saturated carbocycles. The summed E-state index contributed by atoms with van der Waals surface area (Å²) in [4.78, 5) is 13.0. The molecule has 1 amide bonds. The Morgan fingerprint density at radius 3 is 2.45 bits per heavy atom. The zero-order chi connectivity index (χ0) is 8.85. The van der Waals surface area contributed by atoms with Gasteiger partial charge >= 0.3 is 0 Å². The first kappa shape index (κ1) is 10.4. The van der Waals surface area contributed by atoms with Gasteiger partial charge in [0.05, 0.1) is 0 Å². The van der Waals surface area contributed by atoms with E-state index in [1.165, 1.54) is 0 Å². The van der Waals surface area contributed by atoms with Crippen LogP contribution in [0.3, 0.4) is 0 Å². The molecule has 0 aromatic carbocycles. The van der Waals surface area contributed by atoms with Crippen LogP contribution in [0.5, 0.6) is 0 Å². The third-order valence-electron chi connectivity index (χ3n) is 1.76. The zero-order valence-corrected chi connectivity index (χ0v) is 7.85. The van der Waals surface area contributed by atoms with Crippen LogP contribution in [0.25, 0.3) is 0 Å². The van der Waals surface area contributed by atoms with Crippen molar-refractivity contribution in [2.24, 2.45) is 0 Å². The highest BCUT2D eigenvalue weighted by Crippen LogP contribution is 1.96. The number of hydrogen-bond donors (Lipinski definition) is 1. The van der Waals surface area contributed by atoms with Crippen molar-refractivity contribution in [3.63, 3.8) is 0 Å². The molecular formula is C8H18N2O. The Kier molecular flexibility index (Phi) is 4.86. The van der Waals surface area contributed by atoms with E-state index in [-0.39, 0.29) is 5.91 Å². The van der Waals surface area contributed by atoms with Gasteiger partial charge in [0.2, 0.25) is 5.91 Å². The second-order valence-corrected chi connectivity index (χ2v) is 2.95. The molecule has 0 aliphatic rings. The standard InChI is InChI=1S/C8H18N2O/c1-7(2)10(4)8(11)5-6-9-3/h7,9H,5-6H2,1-4H3. The van der Waals surface area contributed by atoms with Gasteiger partial charge in [-0.2, -0.15) is 0 Å². The largest absolute Gasteiger partial charge is 0.343 e. The fourth-order valence-electron chi connectivity index (χ4n) is 0.696. The van der Waals surface area contributed by atoms with E-state index in [2.05, 4.69) is 5.32 Å². The first-order valence-corrected chi connectivity index (χ1v) is 3.99. The lowest BCUT2D eigenvalue weighted by molar-refractivity contribution is -0.131. The quantitative estimate of drug-likeness (QED) is 0.644. The Balaban J connectivity index is 3.64. The summed E-state index contributed by atoms with van der Waals surface area (Å²) in [6, 6.07) is 0.305. The fraction of sp³-hybridized carbons (Fsp3) is 0.875. The molecule has 0 aliphatic heterocycles. The second kappa shape index (κ2) is 5.13. The highest BCUT2D eigenvalue weighted by molar-refractivity contribution is 5.76. The molecule has 0 bridgehead atoms. The van der Waals surface area contributed by atoms with E-state index >= 15 is 0 Å². The molecule has 0 saturated heterocycles. The molecule has 1 N–H and O–H groups in total. The van der Waals surface area contributed by atoms with E-state index in [0.29, 0.717) is 12.5 Å². The number of hydrogen-bond acceptors (Lipinski definition) is 2. The van der Waals surface area contributed by atoms with Crippen molar-refractivity contribution in [3.05, 3.63) is 0 Å². The molecule has 11 heavy (non-hydrogen) atoms. The van der Waals surface area contributed by atoms with Gasteiger partial charge in [0.1, 0.15) is 0 Å². The fourth-order valence-corrected chi connectivity index (χ4v) is 0.696. The summed E-state index contributed by atoms with van der Waals surface area (Å²) in [7, 11) is 3.69. The van der Waals surface area contributed by atoms with Gasteiger partial charge in [-0.25, -0.2) is 0 Å². The number of nitrogens with one attached hydrogen (secondary N) is 1. The Hall–Kier alpha value is -0.570. The van der Waals surface area contributed by atoms with Crippen molar-refractivity contribution in [1.29, 1.82) is 0 Å². The number of nitrogens with zero attached hydrogens (tertiary/aromatic N) is 1. The zero-order valence-electron chi connectivity index (χ0n) is 7.85. The molecule has 3 nitrogen and oxygen atoms in total. The highest BCUT2D eigenvalue weighted by atomic mass is 16.2. The topological polar surface area (TPSA) is 32.3 Å². The van der Waals surface area contributed by atoms with Crippen molar-refractivity contribution in [3.8, 4) is 0 Å². The molecule has 0 unspecified atom stereocenters. The Morgan fingerprint density at radius 2 is 2.09 bits per heavy atom. The van der Waals surface area contributed by atoms with E-state index in [1.54, 1.807) is 4.90 Å². The number of carbonyl (C=O) groups is 1. The summed E-state index contributed by atoms with van der Waals surface area (Å²) < 4.78 is 0. The van der Waals surface area contributed by atoms with E-state index in [0.717, 1.165) is 6.54 Å². The van der Waals surface area contributed by atoms with E-state index in [9.17, 15) is 4.79 Å². The van der Waals surface area contributed by atoms with Gasteiger partial charge in [-0.3, -0.25) is 4.79 Å². The number of rotatable bonds is 4. The van der Waals surface area contributed by atoms with Crippen LogP contribution in [0.2, 0.25) is 0 Å². The van der Waals surface area contributed by atoms with Crippen molar-refractivity contribution < 1.29 is 4.79 Å². The van der Waals surface area contributed by atoms with Crippen molar-refractivity contribution in [2.75, 3.05) is 20.6 Å². The van der Waals surface area contributed by atoms with Crippen LogP contribution >= 0.6 is 0 Å². The SMILES string of the molecule is CNCCC(=O)N(C)C(C)C. The average Bonchev–Trinajstić information content (AvgIpc) is 1.98. The summed E-state index contributed by atoms with van der Waals surface area (Å²) in [5.41, 5.74) is 0. The van der Waals surface area contributed by atoms with Crippen LogP contribution in [-0.4, -0.2) is 37.5 Å². The lowest BCUT2D eigenvalue weighted by atomic mass is 10.3. The normalized spacial score (nSPS) is 10.3. The second-order valence-electron chi connectivity index (χ2n) is 2.95. The summed E-state index contributed by atoms with van der Waals surface area (Å²) in [6.45, 7) is 4.78. The lowest BCUT2D eigenvalue weighted by Gasteiger charge is -2.21. The first-order chi connectivity index (χ1) is 5.09. The van der Waals surface area contributed by atoms with Gasteiger partial charge in [0.25, 0.3) is 0 Å². The minimum Gasteiger partial charge on any atom is -0.343 e. The minimum absolute atomic E-state index is 0.203. The number of carbonyl (C=O) groups excluding carboxylic acids is 1. The highest BCUT2D eigenvalue weighted by Gasteiger charge is 2.09. The minimum atomic E-state index is 0.203. The van der Waals surface area contributed by atoms with Crippen molar-refractivity contribution in [2.45, 2.75) is 26.3 Å². The summed E-state index contributed by atoms with van der Waals surface area (Å²) in [6.07, 6.45) is 0.588. The van der Waals surface area contributed by atoms with E-state index in [4.69, 9.17) is 0 Å². The van der Waals surface area contributed by atoms with Crippen LogP contribution in [0.1, 0.15) is 20.3 Å². The van der Waals surface area contributed by atoms with Gasteiger partial charge in [0.15, 0.2) is 0 Å². The molecule has 0 radical (unpaired) electrons. The van der Waals surface area contributed by atoms with E-state index in [1.807, 2.05) is 27.9 Å². The first-order valence-electron chi connectivity index (χ1n) is 3.99. The third-order valence-corrected chi connectivity index (χ3v) is 1.76. The Bertz CT molecular complexity index is 123. The summed E-state index contributed by atoms with van der Waals surface area (Å²) >= 11 is 0. The number of amides is 1. The molecule has 0 aromatic heterocycles. The summed E-state index contributed by atoms with van der Waals surface area (Å²) in [5, 5.41) is 2.94. The van der Waals surface area contributed by atoms with Crippen LogP contribution in [0.15, 0.2) is 0 Å². The predicted octanol–water partition coefficient (Wildman–Crippen LogP) is 0.463. The maximum Gasteiger partial charge on any atom is 0.223 e. The van der Waals surface area contributed by atoms with Gasteiger partial charge in [-0.1, -0.05) is 0 Å². The molecule has 0 aromatic rings. The van der Waals surface area contributed by atoms with Crippen LogP contribution in [0.4, 0.5) is 0 Å². The van der Waals surface area contributed by atoms with Gasteiger partial charge in [-0.05, 0) is 20.9 Å². The maximum atomic E-state index is 11.2. The Morgan fingerprint density at radius 1 is 1.55 bits per heavy atom. The van der Waals surface area contributed by atoms with Crippen molar-refractivity contribution >= 4 is 5.91 Å². The molecule has 0 fully saturated rings. The van der Waals surface area contributed by atoms with E-state index < -0.39 is 0 Å².